The molecule has 0 atom stereocenters. The number of piperidine rings is 1. The molecule has 1 fully saturated rings. The summed E-state index contributed by atoms with van der Waals surface area (Å²) < 4.78 is 0. The van der Waals surface area contributed by atoms with Gasteiger partial charge in [0.1, 0.15) is 0 Å². The van der Waals surface area contributed by atoms with Gasteiger partial charge in [0, 0.05) is 37.1 Å². The summed E-state index contributed by atoms with van der Waals surface area (Å²) in [6, 6.07) is 11.6. The molecule has 1 saturated heterocycles. The van der Waals surface area contributed by atoms with E-state index in [1.165, 1.54) is 0 Å². The van der Waals surface area contributed by atoms with Crippen LogP contribution in [0.15, 0.2) is 48.8 Å². The molecule has 2 heterocycles. The number of aryl methyl sites for hydroxylation is 1. The number of hydrogen-bond donors (Lipinski definition) is 1. The zero-order valence-corrected chi connectivity index (χ0v) is 14.4. The Morgan fingerprint density at radius 2 is 1.88 bits per heavy atom. The van der Waals surface area contributed by atoms with Gasteiger partial charge in [-0.1, -0.05) is 29.8 Å². The predicted octanol–water partition coefficient (Wildman–Crippen LogP) is 2.35. The number of nitrogens with one attached hydrogen (secondary N) is 1. The van der Waals surface area contributed by atoms with Crippen LogP contribution in [-0.4, -0.2) is 40.8 Å². The van der Waals surface area contributed by atoms with E-state index in [0.717, 1.165) is 24.0 Å². The van der Waals surface area contributed by atoms with Gasteiger partial charge in [-0.15, -0.1) is 0 Å². The minimum absolute atomic E-state index is 0.0342. The van der Waals surface area contributed by atoms with Crippen molar-refractivity contribution in [1.82, 2.24) is 15.2 Å². The smallest absolute Gasteiger partial charge is 0.253 e. The average Bonchev–Trinajstić information content (AvgIpc) is 2.62. The molecule has 1 aliphatic rings. The molecule has 0 spiro atoms. The van der Waals surface area contributed by atoms with Crippen LogP contribution < -0.4 is 5.32 Å². The molecule has 1 aromatic heterocycles. The molecule has 0 unspecified atom stereocenters. The van der Waals surface area contributed by atoms with Crippen molar-refractivity contribution >= 4 is 11.8 Å². The first-order chi connectivity index (χ1) is 12.1. The third kappa shape index (κ3) is 4.66. The monoisotopic (exact) mass is 337 g/mol. The lowest BCUT2D eigenvalue weighted by atomic mass is 10.0. The maximum atomic E-state index is 12.4. The highest BCUT2D eigenvalue weighted by atomic mass is 16.2. The largest absolute Gasteiger partial charge is 0.353 e. The molecular weight excluding hydrogens is 314 g/mol. The number of hydrogen-bond acceptors (Lipinski definition) is 3. The first-order valence-electron chi connectivity index (χ1n) is 8.66. The Hall–Kier alpha value is -2.69. The van der Waals surface area contributed by atoms with Crippen LogP contribution in [0, 0.1) is 6.92 Å². The van der Waals surface area contributed by atoms with E-state index in [-0.39, 0.29) is 17.9 Å². The van der Waals surface area contributed by atoms with Crippen LogP contribution in [0.5, 0.6) is 0 Å². The second kappa shape index (κ2) is 7.92. The molecule has 0 saturated carbocycles. The fraction of sp³-hybridized carbons (Fsp3) is 0.350. The Balaban J connectivity index is 1.47. The zero-order chi connectivity index (χ0) is 17.6. The maximum absolute atomic E-state index is 12.4. The van der Waals surface area contributed by atoms with E-state index in [2.05, 4.69) is 10.3 Å². The van der Waals surface area contributed by atoms with Crippen LogP contribution in [0.2, 0.25) is 0 Å². The summed E-state index contributed by atoms with van der Waals surface area (Å²) >= 11 is 0. The molecule has 2 aromatic rings. The number of carbonyl (C=O) groups excluding carboxylic acids is 2. The van der Waals surface area contributed by atoms with Gasteiger partial charge in [0.25, 0.3) is 5.91 Å². The van der Waals surface area contributed by atoms with Crippen LogP contribution in [0.4, 0.5) is 0 Å². The van der Waals surface area contributed by atoms with E-state index in [4.69, 9.17) is 0 Å². The van der Waals surface area contributed by atoms with E-state index >= 15 is 0 Å². The van der Waals surface area contributed by atoms with E-state index in [9.17, 15) is 9.59 Å². The Morgan fingerprint density at radius 1 is 1.16 bits per heavy atom. The highest BCUT2D eigenvalue weighted by Crippen LogP contribution is 2.14. The van der Waals surface area contributed by atoms with Gasteiger partial charge in [-0.2, -0.15) is 0 Å². The fourth-order valence-electron chi connectivity index (χ4n) is 3.19. The van der Waals surface area contributed by atoms with Crippen LogP contribution in [0.3, 0.4) is 0 Å². The number of pyridine rings is 1. The van der Waals surface area contributed by atoms with Gasteiger partial charge < -0.3 is 10.2 Å². The number of benzene rings is 1. The molecule has 1 aliphatic heterocycles. The highest BCUT2D eigenvalue weighted by Gasteiger charge is 2.24. The highest BCUT2D eigenvalue weighted by molar-refractivity contribution is 5.94. The van der Waals surface area contributed by atoms with Crippen molar-refractivity contribution in [3.8, 4) is 0 Å². The normalized spacial score (nSPS) is 15.0. The van der Waals surface area contributed by atoms with Crippen LogP contribution in [0.25, 0.3) is 0 Å². The van der Waals surface area contributed by atoms with E-state index in [0.29, 0.717) is 25.1 Å². The van der Waals surface area contributed by atoms with Crippen LogP contribution in [0.1, 0.15) is 34.3 Å². The van der Waals surface area contributed by atoms with Gasteiger partial charge in [-0.05, 0) is 37.5 Å². The first-order valence-corrected chi connectivity index (χ1v) is 8.66. The van der Waals surface area contributed by atoms with Crippen molar-refractivity contribution in [2.24, 2.45) is 0 Å². The number of likely N-dealkylation sites (tertiary alicyclic amines) is 1. The molecule has 2 amide bonds. The third-order valence-corrected chi connectivity index (χ3v) is 4.52. The second-order valence-electron chi connectivity index (χ2n) is 6.54. The minimum Gasteiger partial charge on any atom is -0.353 e. The van der Waals surface area contributed by atoms with Crippen molar-refractivity contribution in [2.75, 3.05) is 13.1 Å². The minimum atomic E-state index is 0.0342. The van der Waals surface area contributed by atoms with Gasteiger partial charge in [0.05, 0.1) is 6.42 Å². The first kappa shape index (κ1) is 17.1. The fourth-order valence-corrected chi connectivity index (χ4v) is 3.19. The maximum Gasteiger partial charge on any atom is 0.253 e. The van der Waals surface area contributed by atoms with E-state index in [1.807, 2.05) is 36.1 Å². The molecule has 0 aliphatic carbocycles. The number of carbonyl (C=O) groups is 2. The van der Waals surface area contributed by atoms with Crippen LogP contribution >= 0.6 is 0 Å². The summed E-state index contributed by atoms with van der Waals surface area (Å²) in [5, 5.41) is 3.10. The lowest BCUT2D eigenvalue weighted by Crippen LogP contribution is -2.46. The van der Waals surface area contributed by atoms with Crippen molar-refractivity contribution < 1.29 is 9.59 Å². The standard InChI is InChI=1S/C20H23N3O2/c1-15-3-2-4-16(13-15)14-19(24)22-18-7-11-23(12-8-18)20(25)17-5-9-21-10-6-17/h2-6,9-10,13,18H,7-8,11-12,14H2,1H3,(H,22,24). The van der Waals surface area contributed by atoms with Gasteiger partial charge >= 0.3 is 0 Å². The average molecular weight is 337 g/mol. The quantitative estimate of drug-likeness (QED) is 0.931. The summed E-state index contributed by atoms with van der Waals surface area (Å²) in [6.07, 6.45) is 5.24. The third-order valence-electron chi connectivity index (χ3n) is 4.52. The lowest BCUT2D eigenvalue weighted by Gasteiger charge is -2.32. The van der Waals surface area contributed by atoms with Gasteiger partial charge in [0.15, 0.2) is 0 Å². The van der Waals surface area contributed by atoms with Gasteiger partial charge in [-0.25, -0.2) is 0 Å². The lowest BCUT2D eigenvalue weighted by molar-refractivity contribution is -0.121. The molecule has 5 heteroatoms. The summed E-state index contributed by atoms with van der Waals surface area (Å²) in [4.78, 5) is 30.4. The number of nitrogens with zero attached hydrogens (tertiary/aromatic N) is 2. The number of amides is 2. The Morgan fingerprint density at radius 3 is 2.56 bits per heavy atom. The van der Waals surface area contributed by atoms with Gasteiger partial charge in [-0.3, -0.25) is 14.6 Å². The Labute approximate surface area is 148 Å². The second-order valence-corrected chi connectivity index (χ2v) is 6.54. The summed E-state index contributed by atoms with van der Waals surface area (Å²) in [5.41, 5.74) is 2.85. The summed E-state index contributed by atoms with van der Waals surface area (Å²) in [5.74, 6) is 0.0800. The molecule has 0 radical (unpaired) electrons. The SMILES string of the molecule is Cc1cccc(CC(=O)NC2CCN(C(=O)c3ccncc3)CC2)c1. The van der Waals surface area contributed by atoms with Crippen LogP contribution in [-0.2, 0) is 11.2 Å². The molecule has 25 heavy (non-hydrogen) atoms. The molecule has 5 nitrogen and oxygen atoms in total. The molecule has 3 rings (SSSR count). The van der Waals surface area contributed by atoms with Crippen molar-refractivity contribution in [1.29, 1.82) is 0 Å². The molecule has 1 N–H and O–H groups in total. The number of rotatable bonds is 4. The van der Waals surface area contributed by atoms with Crippen molar-refractivity contribution in [3.63, 3.8) is 0 Å². The van der Waals surface area contributed by atoms with E-state index in [1.54, 1.807) is 24.5 Å². The Bertz CT molecular complexity index is 738. The summed E-state index contributed by atoms with van der Waals surface area (Å²) in [7, 11) is 0. The number of aromatic nitrogens is 1. The molecule has 0 bridgehead atoms. The zero-order valence-electron chi connectivity index (χ0n) is 14.4. The van der Waals surface area contributed by atoms with Gasteiger partial charge in [0.2, 0.25) is 5.91 Å². The molecule has 130 valence electrons. The topological polar surface area (TPSA) is 62.3 Å². The predicted molar refractivity (Wildman–Crippen MR) is 96.2 cm³/mol. The molecular formula is C20H23N3O2. The van der Waals surface area contributed by atoms with Crippen molar-refractivity contribution in [3.05, 3.63) is 65.5 Å². The molecule has 1 aromatic carbocycles. The Kier molecular flexibility index (Phi) is 5.43. The van der Waals surface area contributed by atoms with E-state index < -0.39 is 0 Å². The van der Waals surface area contributed by atoms with Crippen molar-refractivity contribution in [2.45, 2.75) is 32.2 Å². The summed E-state index contributed by atoms with van der Waals surface area (Å²) in [6.45, 7) is 3.35.